The summed E-state index contributed by atoms with van der Waals surface area (Å²) in [7, 11) is 0. The minimum Gasteiger partial charge on any atom is -0.432 e. The van der Waals surface area contributed by atoms with Crippen molar-refractivity contribution in [2.24, 2.45) is 0 Å². The lowest BCUT2D eigenvalue weighted by Gasteiger charge is -2.19. The summed E-state index contributed by atoms with van der Waals surface area (Å²) in [5.41, 5.74) is 1.13. The molecule has 0 bridgehead atoms. The zero-order chi connectivity index (χ0) is 25.8. The van der Waals surface area contributed by atoms with Crippen LogP contribution in [-0.2, 0) is 12.8 Å². The van der Waals surface area contributed by atoms with Crippen molar-refractivity contribution >= 4 is 0 Å². The van der Waals surface area contributed by atoms with Crippen LogP contribution in [0, 0.1) is 17.5 Å². The molecule has 0 aliphatic rings. The Morgan fingerprint density at radius 3 is 2.03 bits per heavy atom. The summed E-state index contributed by atoms with van der Waals surface area (Å²) < 4.78 is 115. The highest BCUT2D eigenvalue weighted by Gasteiger charge is 2.34. The highest BCUT2D eigenvalue weighted by atomic mass is 19.4. The van der Waals surface area contributed by atoms with Crippen LogP contribution in [0.15, 0.2) is 54.6 Å². The molecule has 35 heavy (non-hydrogen) atoms. The first-order valence-corrected chi connectivity index (χ1v) is 10.6. The van der Waals surface area contributed by atoms with Gasteiger partial charge in [0.2, 0.25) is 0 Å². The summed E-state index contributed by atoms with van der Waals surface area (Å²) in [6, 6.07) is 10.5. The van der Waals surface area contributed by atoms with E-state index in [4.69, 9.17) is 0 Å². The quantitative estimate of drug-likeness (QED) is 0.273. The summed E-state index contributed by atoms with van der Waals surface area (Å²) in [5.74, 6) is -5.27. The zero-order valence-corrected chi connectivity index (χ0v) is 18.4. The summed E-state index contributed by atoms with van der Waals surface area (Å²) >= 11 is 0. The van der Waals surface area contributed by atoms with Crippen LogP contribution in [0.4, 0.5) is 35.1 Å². The number of benzene rings is 3. The number of hydrogen-bond donors (Lipinski definition) is 0. The van der Waals surface area contributed by atoms with Gasteiger partial charge in [-0.1, -0.05) is 49.7 Å². The van der Waals surface area contributed by atoms with E-state index in [-0.39, 0.29) is 17.5 Å². The van der Waals surface area contributed by atoms with Gasteiger partial charge in [0.05, 0.1) is 6.42 Å². The van der Waals surface area contributed by atoms with E-state index in [1.165, 1.54) is 36.4 Å². The van der Waals surface area contributed by atoms with Gasteiger partial charge in [0.25, 0.3) is 0 Å². The molecule has 0 saturated carbocycles. The second-order valence-electron chi connectivity index (χ2n) is 7.73. The minimum absolute atomic E-state index is 0.0440. The van der Waals surface area contributed by atoms with Crippen molar-refractivity contribution in [1.29, 1.82) is 0 Å². The Morgan fingerprint density at radius 2 is 1.43 bits per heavy atom. The van der Waals surface area contributed by atoms with Gasteiger partial charge in [-0.25, -0.2) is 13.2 Å². The van der Waals surface area contributed by atoms with Crippen LogP contribution in [0.3, 0.4) is 0 Å². The summed E-state index contributed by atoms with van der Waals surface area (Å²) in [4.78, 5) is 0. The van der Waals surface area contributed by atoms with Crippen LogP contribution < -0.4 is 9.47 Å². The van der Waals surface area contributed by atoms with Crippen molar-refractivity contribution in [3.8, 4) is 22.6 Å². The Labute approximate surface area is 196 Å². The van der Waals surface area contributed by atoms with Crippen LogP contribution >= 0.6 is 0 Å². The van der Waals surface area contributed by atoms with Crippen molar-refractivity contribution in [2.45, 2.75) is 45.1 Å². The van der Waals surface area contributed by atoms with Gasteiger partial charge in [-0.05, 0) is 41.7 Å². The molecule has 0 N–H and O–H groups in total. The lowest BCUT2D eigenvalue weighted by Crippen LogP contribution is -2.25. The van der Waals surface area contributed by atoms with Crippen LogP contribution in [0.1, 0.15) is 30.9 Å². The summed E-state index contributed by atoms with van der Waals surface area (Å²) in [6.07, 6.45) is -8.86. The lowest BCUT2D eigenvalue weighted by atomic mass is 9.99. The average Bonchev–Trinajstić information content (AvgIpc) is 2.77. The monoisotopic (exact) mass is 504 g/mol. The summed E-state index contributed by atoms with van der Waals surface area (Å²) in [6.45, 7) is 1.85. The van der Waals surface area contributed by atoms with Crippen LogP contribution in [0.2, 0.25) is 0 Å². The molecule has 0 unspecified atom stereocenters. The maximum atomic E-state index is 14.4. The maximum absolute atomic E-state index is 14.4. The molecule has 3 aromatic carbocycles. The SMILES string of the molecule is CCCc1ccc(-c2ccc(CCC(F)(F)Oc3ccc(OC(F)(F)F)c(F)c3)cc2)c(F)c1F. The third-order valence-corrected chi connectivity index (χ3v) is 5.05. The van der Waals surface area contributed by atoms with Crippen molar-refractivity contribution in [2.75, 3.05) is 0 Å². The fourth-order valence-corrected chi connectivity index (χ4v) is 3.39. The number of alkyl halides is 5. The Kier molecular flexibility index (Phi) is 7.92. The molecule has 2 nitrogen and oxygen atoms in total. The summed E-state index contributed by atoms with van der Waals surface area (Å²) in [5, 5.41) is 0. The average molecular weight is 504 g/mol. The standard InChI is InChI=1S/C25H20F8O2/c1-2-3-17-8-10-19(23(28)22(17)27)16-6-4-15(5-7-16)12-13-24(29,30)34-18-9-11-21(20(26)14-18)35-25(31,32)33/h4-11,14H,2-3,12-13H2,1H3. The first-order chi connectivity index (χ1) is 16.4. The van der Waals surface area contributed by atoms with Gasteiger partial charge < -0.3 is 9.47 Å². The molecule has 0 heterocycles. The molecule has 0 fully saturated rings. The molecule has 0 aliphatic carbocycles. The van der Waals surface area contributed by atoms with E-state index in [1.54, 1.807) is 0 Å². The van der Waals surface area contributed by atoms with E-state index < -0.39 is 47.8 Å². The van der Waals surface area contributed by atoms with E-state index in [2.05, 4.69) is 9.47 Å². The van der Waals surface area contributed by atoms with Crippen molar-refractivity contribution in [3.05, 3.63) is 83.2 Å². The second kappa shape index (κ2) is 10.5. The number of halogens is 8. The van der Waals surface area contributed by atoms with Gasteiger partial charge in [0.1, 0.15) is 5.75 Å². The third-order valence-electron chi connectivity index (χ3n) is 5.05. The molecule has 0 amide bonds. The Bertz CT molecular complexity index is 1160. The van der Waals surface area contributed by atoms with Crippen molar-refractivity contribution in [3.63, 3.8) is 0 Å². The Hall–Kier alpha value is -3.30. The van der Waals surface area contributed by atoms with Crippen molar-refractivity contribution in [1.82, 2.24) is 0 Å². The molecule has 0 spiro atoms. The van der Waals surface area contributed by atoms with E-state index in [9.17, 15) is 35.1 Å². The lowest BCUT2D eigenvalue weighted by molar-refractivity contribution is -0.275. The first kappa shape index (κ1) is 26.3. The topological polar surface area (TPSA) is 18.5 Å². The highest BCUT2D eigenvalue weighted by Crippen LogP contribution is 2.32. The zero-order valence-electron chi connectivity index (χ0n) is 18.4. The maximum Gasteiger partial charge on any atom is 0.573 e. The molecule has 0 aromatic heterocycles. The molecule has 0 saturated heterocycles. The van der Waals surface area contributed by atoms with E-state index in [0.717, 1.165) is 6.07 Å². The predicted molar refractivity (Wildman–Crippen MR) is 113 cm³/mol. The van der Waals surface area contributed by atoms with Gasteiger partial charge >= 0.3 is 12.5 Å². The molecule has 3 rings (SSSR count). The van der Waals surface area contributed by atoms with Crippen LogP contribution in [0.25, 0.3) is 11.1 Å². The van der Waals surface area contributed by atoms with Gasteiger partial charge in [-0.3, -0.25) is 0 Å². The van der Waals surface area contributed by atoms with Gasteiger partial charge in [0.15, 0.2) is 23.2 Å². The minimum atomic E-state index is -5.14. The Balaban J connectivity index is 1.63. The normalized spacial score (nSPS) is 12.0. The van der Waals surface area contributed by atoms with Gasteiger partial charge in [-0.2, -0.15) is 8.78 Å². The van der Waals surface area contributed by atoms with E-state index in [0.29, 0.717) is 36.1 Å². The molecule has 10 heteroatoms. The Morgan fingerprint density at radius 1 is 0.743 bits per heavy atom. The number of aryl methyl sites for hydroxylation is 2. The number of ether oxygens (including phenoxy) is 2. The molecule has 0 aliphatic heterocycles. The van der Waals surface area contributed by atoms with E-state index >= 15 is 0 Å². The largest absolute Gasteiger partial charge is 0.573 e. The fourth-order valence-electron chi connectivity index (χ4n) is 3.39. The highest BCUT2D eigenvalue weighted by molar-refractivity contribution is 5.65. The molecule has 3 aromatic rings. The predicted octanol–water partition coefficient (Wildman–Crippen LogP) is 8.23. The second-order valence-corrected chi connectivity index (χ2v) is 7.73. The molecular formula is C25H20F8O2. The van der Waals surface area contributed by atoms with Crippen LogP contribution in [-0.4, -0.2) is 12.5 Å². The fraction of sp³-hybridized carbons (Fsp3) is 0.280. The smallest absolute Gasteiger partial charge is 0.432 e. The number of rotatable bonds is 9. The number of hydrogen-bond acceptors (Lipinski definition) is 2. The van der Waals surface area contributed by atoms with E-state index in [1.807, 2.05) is 6.92 Å². The van der Waals surface area contributed by atoms with Crippen molar-refractivity contribution < 1.29 is 44.6 Å². The molecule has 0 radical (unpaired) electrons. The van der Waals surface area contributed by atoms with Gasteiger partial charge in [0, 0.05) is 11.6 Å². The van der Waals surface area contributed by atoms with Gasteiger partial charge in [-0.15, -0.1) is 13.2 Å². The van der Waals surface area contributed by atoms with Crippen LogP contribution in [0.5, 0.6) is 11.5 Å². The molecular weight excluding hydrogens is 484 g/mol. The third kappa shape index (κ3) is 7.10. The molecule has 0 atom stereocenters. The molecule has 188 valence electrons. The first-order valence-electron chi connectivity index (χ1n) is 10.6.